The Hall–Kier alpha value is -0.640. The average molecular weight is 246 g/mol. The Morgan fingerprint density at radius 2 is 2.12 bits per heavy atom. The molecule has 1 aromatic carbocycles. The van der Waals surface area contributed by atoms with Gasteiger partial charge in [0, 0.05) is 18.7 Å². The van der Waals surface area contributed by atoms with Gasteiger partial charge in [-0.2, -0.15) is 0 Å². The van der Waals surface area contributed by atoms with Crippen molar-refractivity contribution in [2.24, 2.45) is 5.92 Å². The van der Waals surface area contributed by atoms with Crippen LogP contribution in [0.4, 0.5) is 4.39 Å². The molecule has 0 radical (unpaired) electrons. The lowest BCUT2D eigenvalue weighted by Crippen LogP contribution is -2.30. The van der Waals surface area contributed by atoms with Crippen LogP contribution in [0, 0.1) is 11.7 Å². The van der Waals surface area contributed by atoms with Crippen LogP contribution in [-0.2, 0) is 6.54 Å². The van der Waals surface area contributed by atoms with Gasteiger partial charge in [0.1, 0.15) is 5.82 Å². The third-order valence-electron chi connectivity index (χ3n) is 2.47. The number of halogens is 2. The van der Waals surface area contributed by atoms with Crippen LogP contribution in [0.15, 0.2) is 18.2 Å². The molecule has 0 amide bonds. The zero-order chi connectivity index (χ0) is 12.1. The van der Waals surface area contributed by atoms with E-state index in [1.165, 1.54) is 6.07 Å². The zero-order valence-corrected chi connectivity index (χ0v) is 10.3. The Balaban J connectivity index is 2.46. The van der Waals surface area contributed by atoms with Gasteiger partial charge in [0.2, 0.25) is 0 Å². The second-order valence-electron chi connectivity index (χ2n) is 4.16. The van der Waals surface area contributed by atoms with E-state index in [0.29, 0.717) is 18.7 Å². The predicted molar refractivity (Wildman–Crippen MR) is 64.0 cm³/mol. The summed E-state index contributed by atoms with van der Waals surface area (Å²) in [6.45, 7) is 4.69. The average Bonchev–Trinajstić information content (AvgIpc) is 2.24. The van der Waals surface area contributed by atoms with Gasteiger partial charge >= 0.3 is 0 Å². The highest BCUT2D eigenvalue weighted by atomic mass is 35.5. The number of benzene rings is 1. The van der Waals surface area contributed by atoms with E-state index < -0.39 is 11.9 Å². The Kier molecular flexibility index (Phi) is 5.19. The molecule has 0 aliphatic rings. The molecule has 1 unspecified atom stereocenters. The largest absolute Gasteiger partial charge is 0.392 e. The molecule has 1 rings (SSSR count). The Morgan fingerprint density at radius 1 is 1.44 bits per heavy atom. The lowest BCUT2D eigenvalue weighted by Gasteiger charge is -2.15. The summed E-state index contributed by atoms with van der Waals surface area (Å²) in [7, 11) is 0. The van der Waals surface area contributed by atoms with E-state index in [-0.39, 0.29) is 10.9 Å². The molecule has 0 aromatic heterocycles. The van der Waals surface area contributed by atoms with Crippen LogP contribution < -0.4 is 5.32 Å². The number of nitrogens with one attached hydrogen (secondary N) is 1. The second kappa shape index (κ2) is 6.18. The molecule has 1 aromatic rings. The molecule has 0 fully saturated rings. The molecule has 90 valence electrons. The molecular weight excluding hydrogens is 229 g/mol. The van der Waals surface area contributed by atoms with E-state index in [1.807, 2.05) is 13.8 Å². The highest BCUT2D eigenvalue weighted by Gasteiger charge is 2.09. The molecule has 0 aliphatic carbocycles. The van der Waals surface area contributed by atoms with Gasteiger partial charge in [-0.15, -0.1) is 0 Å². The quantitative estimate of drug-likeness (QED) is 0.836. The van der Waals surface area contributed by atoms with Gasteiger partial charge < -0.3 is 10.4 Å². The summed E-state index contributed by atoms with van der Waals surface area (Å²) < 4.78 is 13.5. The maximum atomic E-state index is 13.5. The molecule has 16 heavy (non-hydrogen) atoms. The summed E-state index contributed by atoms with van der Waals surface area (Å²) >= 11 is 5.65. The normalized spacial score (nSPS) is 13.1. The minimum atomic E-state index is -0.415. The van der Waals surface area contributed by atoms with Crippen LogP contribution in [0.3, 0.4) is 0 Å². The van der Waals surface area contributed by atoms with E-state index in [2.05, 4.69) is 5.32 Å². The third kappa shape index (κ3) is 3.74. The SMILES string of the molecule is CC(C)C(O)CNCc1cccc(Cl)c1F. The fourth-order valence-electron chi connectivity index (χ4n) is 1.28. The van der Waals surface area contributed by atoms with Crippen molar-refractivity contribution in [3.8, 4) is 0 Å². The maximum Gasteiger partial charge on any atom is 0.146 e. The molecule has 0 aliphatic heterocycles. The van der Waals surface area contributed by atoms with Crippen LogP contribution in [-0.4, -0.2) is 17.8 Å². The van der Waals surface area contributed by atoms with E-state index >= 15 is 0 Å². The number of aliphatic hydroxyl groups is 1. The number of rotatable bonds is 5. The van der Waals surface area contributed by atoms with E-state index in [0.717, 1.165) is 0 Å². The zero-order valence-electron chi connectivity index (χ0n) is 9.50. The fraction of sp³-hybridized carbons (Fsp3) is 0.500. The van der Waals surface area contributed by atoms with E-state index in [9.17, 15) is 9.50 Å². The van der Waals surface area contributed by atoms with Gasteiger partial charge in [-0.3, -0.25) is 0 Å². The molecule has 0 saturated carbocycles. The van der Waals surface area contributed by atoms with Crippen molar-refractivity contribution >= 4 is 11.6 Å². The van der Waals surface area contributed by atoms with Crippen LogP contribution in [0.1, 0.15) is 19.4 Å². The Morgan fingerprint density at radius 3 is 2.75 bits per heavy atom. The first-order valence-electron chi connectivity index (χ1n) is 5.34. The monoisotopic (exact) mass is 245 g/mol. The highest BCUT2D eigenvalue weighted by molar-refractivity contribution is 6.30. The molecule has 0 saturated heterocycles. The lowest BCUT2D eigenvalue weighted by atomic mass is 10.1. The summed E-state index contributed by atoms with van der Waals surface area (Å²) in [6, 6.07) is 4.90. The summed E-state index contributed by atoms with van der Waals surface area (Å²) in [6.07, 6.45) is -0.415. The van der Waals surface area contributed by atoms with Gasteiger partial charge in [-0.05, 0) is 12.0 Å². The second-order valence-corrected chi connectivity index (χ2v) is 4.56. The molecule has 4 heteroatoms. The summed E-state index contributed by atoms with van der Waals surface area (Å²) in [5, 5.41) is 12.7. The standard InChI is InChI=1S/C12H17ClFNO/c1-8(2)11(16)7-15-6-9-4-3-5-10(13)12(9)14/h3-5,8,11,15-16H,6-7H2,1-2H3. The third-order valence-corrected chi connectivity index (χ3v) is 2.76. The molecule has 0 spiro atoms. The Bertz CT molecular complexity index is 344. The molecule has 2 nitrogen and oxygen atoms in total. The Labute approximate surface area is 100 Å². The van der Waals surface area contributed by atoms with Crippen molar-refractivity contribution in [1.29, 1.82) is 0 Å². The fourth-order valence-corrected chi connectivity index (χ4v) is 1.47. The first kappa shape index (κ1) is 13.4. The molecule has 0 bridgehead atoms. The van der Waals surface area contributed by atoms with Crippen molar-refractivity contribution in [3.05, 3.63) is 34.6 Å². The molecule has 1 atom stereocenters. The van der Waals surface area contributed by atoms with Gasteiger partial charge in [0.25, 0.3) is 0 Å². The van der Waals surface area contributed by atoms with Crippen molar-refractivity contribution in [2.45, 2.75) is 26.5 Å². The van der Waals surface area contributed by atoms with Gasteiger partial charge in [0.05, 0.1) is 11.1 Å². The topological polar surface area (TPSA) is 32.3 Å². The van der Waals surface area contributed by atoms with Gasteiger partial charge in [-0.25, -0.2) is 4.39 Å². The van der Waals surface area contributed by atoms with Gasteiger partial charge in [-0.1, -0.05) is 37.6 Å². The first-order valence-corrected chi connectivity index (χ1v) is 5.72. The summed E-state index contributed by atoms with van der Waals surface area (Å²) in [5.41, 5.74) is 0.517. The summed E-state index contributed by atoms with van der Waals surface area (Å²) in [5.74, 6) is -0.201. The molecule has 2 N–H and O–H groups in total. The number of hydrogen-bond acceptors (Lipinski definition) is 2. The molecule has 0 heterocycles. The number of aliphatic hydroxyl groups excluding tert-OH is 1. The van der Waals surface area contributed by atoms with Crippen molar-refractivity contribution in [1.82, 2.24) is 5.32 Å². The maximum absolute atomic E-state index is 13.5. The first-order chi connectivity index (χ1) is 7.52. The minimum absolute atomic E-state index is 0.128. The molecular formula is C12H17ClFNO. The summed E-state index contributed by atoms with van der Waals surface area (Å²) in [4.78, 5) is 0. The van der Waals surface area contributed by atoms with Crippen molar-refractivity contribution in [3.63, 3.8) is 0 Å². The van der Waals surface area contributed by atoms with Crippen molar-refractivity contribution in [2.75, 3.05) is 6.54 Å². The van der Waals surface area contributed by atoms with E-state index in [4.69, 9.17) is 11.6 Å². The van der Waals surface area contributed by atoms with Crippen LogP contribution >= 0.6 is 11.6 Å². The minimum Gasteiger partial charge on any atom is -0.392 e. The smallest absolute Gasteiger partial charge is 0.146 e. The van der Waals surface area contributed by atoms with Crippen LogP contribution in [0.2, 0.25) is 5.02 Å². The van der Waals surface area contributed by atoms with E-state index in [1.54, 1.807) is 12.1 Å². The van der Waals surface area contributed by atoms with Gasteiger partial charge in [0.15, 0.2) is 0 Å². The van der Waals surface area contributed by atoms with Crippen LogP contribution in [0.25, 0.3) is 0 Å². The van der Waals surface area contributed by atoms with Crippen LogP contribution in [0.5, 0.6) is 0 Å². The van der Waals surface area contributed by atoms with Crippen molar-refractivity contribution < 1.29 is 9.50 Å². The highest BCUT2D eigenvalue weighted by Crippen LogP contribution is 2.17. The predicted octanol–water partition coefficient (Wildman–Crippen LogP) is 2.59. The lowest BCUT2D eigenvalue weighted by molar-refractivity contribution is 0.123. The number of hydrogen-bond donors (Lipinski definition) is 2.